The van der Waals surface area contributed by atoms with E-state index < -0.39 is 0 Å². The van der Waals surface area contributed by atoms with Gasteiger partial charge < -0.3 is 4.74 Å². The van der Waals surface area contributed by atoms with E-state index in [4.69, 9.17) is 4.74 Å². The van der Waals surface area contributed by atoms with Gasteiger partial charge in [-0.2, -0.15) is 0 Å². The Morgan fingerprint density at radius 2 is 2.36 bits per heavy atom. The van der Waals surface area contributed by atoms with Crippen LogP contribution in [0.1, 0.15) is 19.3 Å². The molecule has 2 rings (SSSR count). The highest BCUT2D eigenvalue weighted by Crippen LogP contribution is 2.32. The van der Waals surface area contributed by atoms with Crippen molar-refractivity contribution in [2.45, 2.75) is 24.9 Å². The molecule has 0 N–H and O–H groups in total. The van der Waals surface area contributed by atoms with E-state index in [1.165, 1.54) is 6.08 Å². The van der Waals surface area contributed by atoms with Gasteiger partial charge in [0.15, 0.2) is 0 Å². The van der Waals surface area contributed by atoms with Gasteiger partial charge >= 0.3 is 5.97 Å². The van der Waals surface area contributed by atoms with Crippen LogP contribution in [0.2, 0.25) is 0 Å². The van der Waals surface area contributed by atoms with E-state index in [9.17, 15) is 4.79 Å². The summed E-state index contributed by atoms with van der Waals surface area (Å²) < 4.78 is 5.19. The third-order valence-electron chi connectivity index (χ3n) is 2.19. The van der Waals surface area contributed by atoms with Gasteiger partial charge in [-0.15, -0.1) is 0 Å². The fourth-order valence-corrected chi connectivity index (χ4v) is 1.56. The molecular weight excluding hydrogens is 140 g/mol. The molecule has 1 heterocycles. The van der Waals surface area contributed by atoms with E-state index in [1.54, 1.807) is 0 Å². The Bertz CT molecular complexity index is 240. The lowest BCUT2D eigenvalue weighted by Gasteiger charge is -2.27. The van der Waals surface area contributed by atoms with E-state index in [-0.39, 0.29) is 11.6 Å². The van der Waals surface area contributed by atoms with Crippen LogP contribution in [0, 0.1) is 0 Å². The summed E-state index contributed by atoms with van der Waals surface area (Å²) in [5.41, 5.74) is -0.272. The van der Waals surface area contributed by atoms with Crippen molar-refractivity contribution in [3.8, 4) is 0 Å². The molecule has 1 aliphatic heterocycles. The molecule has 0 saturated carbocycles. The minimum Gasteiger partial charge on any atom is -0.451 e. The van der Waals surface area contributed by atoms with Crippen molar-refractivity contribution in [3.05, 3.63) is 24.3 Å². The maximum atomic E-state index is 10.8. The van der Waals surface area contributed by atoms with Gasteiger partial charge in [0.05, 0.1) is 0 Å². The van der Waals surface area contributed by atoms with Crippen LogP contribution >= 0.6 is 0 Å². The lowest BCUT2D eigenvalue weighted by Crippen LogP contribution is -2.28. The molecule has 2 heteroatoms. The highest BCUT2D eigenvalue weighted by Gasteiger charge is 2.34. The predicted molar refractivity (Wildman–Crippen MR) is 41.0 cm³/mol. The molecule has 0 fully saturated rings. The molecule has 0 bridgehead atoms. The first-order valence-corrected chi connectivity index (χ1v) is 3.88. The lowest BCUT2D eigenvalue weighted by molar-refractivity contribution is -0.146. The van der Waals surface area contributed by atoms with E-state index in [0.717, 1.165) is 19.3 Å². The Balaban J connectivity index is 2.18. The zero-order valence-electron chi connectivity index (χ0n) is 6.25. The summed E-state index contributed by atoms with van der Waals surface area (Å²) in [4.78, 5) is 10.8. The number of ether oxygens (including phenoxy) is 1. The van der Waals surface area contributed by atoms with Gasteiger partial charge in [0.25, 0.3) is 0 Å². The second-order valence-electron chi connectivity index (χ2n) is 3.03. The molecule has 58 valence electrons. The second-order valence-corrected chi connectivity index (χ2v) is 3.03. The number of hydrogen-bond donors (Lipinski definition) is 0. The number of carbonyl (C=O) groups is 1. The van der Waals surface area contributed by atoms with Gasteiger partial charge in [-0.3, -0.25) is 0 Å². The van der Waals surface area contributed by atoms with Crippen molar-refractivity contribution in [1.29, 1.82) is 0 Å². The quantitative estimate of drug-likeness (QED) is 0.387. The average molecular weight is 150 g/mol. The number of carbonyl (C=O) groups excluding carboxylic acids is 1. The predicted octanol–water partition coefficient (Wildman–Crippen LogP) is 1.58. The van der Waals surface area contributed by atoms with Crippen molar-refractivity contribution >= 4 is 5.97 Å². The van der Waals surface area contributed by atoms with E-state index in [0.29, 0.717) is 0 Å². The minimum atomic E-state index is -0.272. The van der Waals surface area contributed by atoms with E-state index >= 15 is 0 Å². The molecule has 1 spiro atoms. The van der Waals surface area contributed by atoms with Gasteiger partial charge in [-0.05, 0) is 18.9 Å². The average Bonchev–Trinajstić information content (AvgIpc) is 2.34. The summed E-state index contributed by atoms with van der Waals surface area (Å²) in [6.07, 6.45) is 10.4. The number of hydrogen-bond acceptors (Lipinski definition) is 2. The monoisotopic (exact) mass is 150 g/mol. The number of esters is 1. The zero-order valence-corrected chi connectivity index (χ0v) is 6.25. The van der Waals surface area contributed by atoms with Crippen molar-refractivity contribution in [1.82, 2.24) is 0 Å². The highest BCUT2D eigenvalue weighted by molar-refractivity contribution is 5.85. The molecule has 0 aromatic rings. The fraction of sp³-hybridized carbons (Fsp3) is 0.444. The van der Waals surface area contributed by atoms with E-state index in [1.807, 2.05) is 6.08 Å². The highest BCUT2D eigenvalue weighted by atomic mass is 16.6. The maximum Gasteiger partial charge on any atom is 0.331 e. The van der Waals surface area contributed by atoms with Crippen molar-refractivity contribution < 1.29 is 9.53 Å². The topological polar surface area (TPSA) is 26.3 Å². The molecule has 0 aromatic carbocycles. The standard InChI is InChI=1S/C9H10O2/c10-8-4-7-9(11-8)5-2-1-3-6-9/h1-2,4,7H,3,5-6H2. The summed E-state index contributed by atoms with van der Waals surface area (Å²) in [7, 11) is 0. The van der Waals surface area contributed by atoms with Gasteiger partial charge in [0.2, 0.25) is 0 Å². The van der Waals surface area contributed by atoms with Crippen LogP contribution in [0.25, 0.3) is 0 Å². The third kappa shape index (κ3) is 1.09. The molecule has 1 atom stereocenters. The molecule has 11 heavy (non-hydrogen) atoms. The Hall–Kier alpha value is -1.05. The Labute approximate surface area is 65.5 Å². The van der Waals surface area contributed by atoms with Gasteiger partial charge in [-0.25, -0.2) is 4.79 Å². The maximum absolute atomic E-state index is 10.8. The fourth-order valence-electron chi connectivity index (χ4n) is 1.56. The van der Waals surface area contributed by atoms with Crippen LogP contribution in [0.5, 0.6) is 0 Å². The van der Waals surface area contributed by atoms with Crippen molar-refractivity contribution in [2.75, 3.05) is 0 Å². The molecule has 0 aromatic heterocycles. The second kappa shape index (κ2) is 2.22. The van der Waals surface area contributed by atoms with Crippen LogP contribution in [-0.2, 0) is 9.53 Å². The SMILES string of the molecule is O=C1C=CC2(CC=CCC2)O1. The molecule has 0 saturated heterocycles. The first kappa shape index (κ1) is 6.65. The summed E-state index contributed by atoms with van der Waals surface area (Å²) in [5, 5.41) is 0. The minimum absolute atomic E-state index is 0.194. The van der Waals surface area contributed by atoms with Crippen molar-refractivity contribution in [2.24, 2.45) is 0 Å². The van der Waals surface area contributed by atoms with Gasteiger partial charge in [0, 0.05) is 12.5 Å². The molecular formula is C9H10O2. The number of allylic oxidation sites excluding steroid dienone is 1. The van der Waals surface area contributed by atoms with Crippen molar-refractivity contribution in [3.63, 3.8) is 0 Å². The zero-order chi connectivity index (χ0) is 7.73. The first-order valence-electron chi connectivity index (χ1n) is 3.88. The molecule has 0 radical (unpaired) electrons. The smallest absolute Gasteiger partial charge is 0.331 e. The summed E-state index contributed by atoms with van der Waals surface area (Å²) >= 11 is 0. The van der Waals surface area contributed by atoms with Crippen LogP contribution in [0.3, 0.4) is 0 Å². The van der Waals surface area contributed by atoms with Crippen LogP contribution < -0.4 is 0 Å². The molecule has 2 nitrogen and oxygen atoms in total. The molecule has 0 amide bonds. The van der Waals surface area contributed by atoms with Gasteiger partial charge in [-0.1, -0.05) is 12.2 Å². The Morgan fingerprint density at radius 3 is 2.91 bits per heavy atom. The van der Waals surface area contributed by atoms with Gasteiger partial charge in [0.1, 0.15) is 5.60 Å². The molecule has 1 unspecified atom stereocenters. The number of rotatable bonds is 0. The summed E-state index contributed by atoms with van der Waals surface area (Å²) in [6, 6.07) is 0. The summed E-state index contributed by atoms with van der Waals surface area (Å²) in [5.74, 6) is -0.194. The largest absolute Gasteiger partial charge is 0.451 e. The van der Waals surface area contributed by atoms with E-state index in [2.05, 4.69) is 12.2 Å². The Morgan fingerprint density at radius 1 is 1.45 bits per heavy atom. The molecule has 1 aliphatic carbocycles. The van der Waals surface area contributed by atoms with Crippen LogP contribution in [0.4, 0.5) is 0 Å². The normalized spacial score (nSPS) is 34.7. The molecule has 2 aliphatic rings. The third-order valence-corrected chi connectivity index (χ3v) is 2.19. The van der Waals surface area contributed by atoms with Crippen LogP contribution in [0.15, 0.2) is 24.3 Å². The van der Waals surface area contributed by atoms with Crippen LogP contribution in [-0.4, -0.2) is 11.6 Å². The first-order chi connectivity index (χ1) is 5.31. The Kier molecular flexibility index (Phi) is 1.34. The lowest BCUT2D eigenvalue weighted by atomic mass is 9.90. The summed E-state index contributed by atoms with van der Waals surface area (Å²) in [6.45, 7) is 0.